The number of fused-ring (bicyclic) bond motifs is 1. The van der Waals surface area contributed by atoms with Gasteiger partial charge in [-0.25, -0.2) is 9.78 Å². The van der Waals surface area contributed by atoms with Gasteiger partial charge in [0, 0.05) is 31.4 Å². The molecule has 6 nitrogen and oxygen atoms in total. The van der Waals surface area contributed by atoms with Gasteiger partial charge in [0.15, 0.2) is 6.10 Å². The van der Waals surface area contributed by atoms with Gasteiger partial charge < -0.3 is 19.1 Å². The fourth-order valence-electron chi connectivity index (χ4n) is 2.35. The molecule has 0 saturated carbocycles. The molecule has 1 aliphatic rings. The average molecular weight is 288 g/mol. The first-order chi connectivity index (χ1) is 10.2. The SMILES string of the molecule is CCn1ccnc1COc1ccc2c(c1)OC(C(=O)O)C2. The lowest BCUT2D eigenvalue weighted by Crippen LogP contribution is -2.24. The molecule has 0 saturated heterocycles. The van der Waals surface area contributed by atoms with Crippen LogP contribution in [0.25, 0.3) is 0 Å². The maximum absolute atomic E-state index is 10.9. The number of hydrogen-bond donors (Lipinski definition) is 1. The molecule has 0 radical (unpaired) electrons. The van der Waals surface area contributed by atoms with E-state index in [2.05, 4.69) is 4.98 Å². The summed E-state index contributed by atoms with van der Waals surface area (Å²) in [5.41, 5.74) is 0.893. The summed E-state index contributed by atoms with van der Waals surface area (Å²) in [6.07, 6.45) is 3.24. The van der Waals surface area contributed by atoms with Gasteiger partial charge in [-0.2, -0.15) is 0 Å². The Kier molecular flexibility index (Phi) is 3.51. The molecule has 3 rings (SSSR count). The topological polar surface area (TPSA) is 73.6 Å². The third-order valence-corrected chi connectivity index (χ3v) is 3.50. The first kappa shape index (κ1) is 13.5. The second-order valence-corrected chi connectivity index (χ2v) is 4.84. The van der Waals surface area contributed by atoms with Gasteiger partial charge in [-0.3, -0.25) is 0 Å². The van der Waals surface area contributed by atoms with Gasteiger partial charge in [-0.15, -0.1) is 0 Å². The molecule has 0 spiro atoms. The predicted molar refractivity (Wildman–Crippen MR) is 74.4 cm³/mol. The second kappa shape index (κ2) is 5.47. The smallest absolute Gasteiger partial charge is 0.345 e. The van der Waals surface area contributed by atoms with Crippen LogP contribution in [0.5, 0.6) is 11.5 Å². The molecule has 1 unspecified atom stereocenters. The molecule has 0 bridgehead atoms. The number of carbonyl (C=O) groups is 1. The summed E-state index contributed by atoms with van der Waals surface area (Å²) >= 11 is 0. The molecule has 2 heterocycles. The maximum atomic E-state index is 10.9. The van der Waals surface area contributed by atoms with Gasteiger partial charge in [0.2, 0.25) is 0 Å². The van der Waals surface area contributed by atoms with Crippen LogP contribution >= 0.6 is 0 Å². The molecule has 1 aromatic carbocycles. The van der Waals surface area contributed by atoms with Crippen LogP contribution in [0.2, 0.25) is 0 Å². The van der Waals surface area contributed by atoms with E-state index in [0.717, 1.165) is 17.9 Å². The van der Waals surface area contributed by atoms with Crippen LogP contribution in [0.3, 0.4) is 0 Å². The Labute approximate surface area is 121 Å². The number of carboxylic acids is 1. The molecule has 1 aromatic heterocycles. The van der Waals surface area contributed by atoms with Crippen molar-refractivity contribution in [2.75, 3.05) is 0 Å². The molecule has 6 heteroatoms. The summed E-state index contributed by atoms with van der Waals surface area (Å²) in [5.74, 6) is 1.13. The molecule has 110 valence electrons. The molecule has 0 aliphatic carbocycles. The number of aryl methyl sites for hydroxylation is 1. The number of ether oxygens (including phenoxy) is 2. The van der Waals surface area contributed by atoms with Crippen LogP contribution in [0.15, 0.2) is 30.6 Å². The summed E-state index contributed by atoms with van der Waals surface area (Å²) in [7, 11) is 0. The van der Waals surface area contributed by atoms with E-state index >= 15 is 0 Å². The number of rotatable bonds is 5. The fourth-order valence-corrected chi connectivity index (χ4v) is 2.35. The standard InChI is InChI=1S/C15H16N2O4/c1-2-17-6-5-16-14(17)9-20-11-4-3-10-7-13(15(18)19)21-12(10)8-11/h3-6,8,13H,2,7,9H2,1H3,(H,18,19). The highest BCUT2D eigenvalue weighted by Gasteiger charge is 2.28. The van der Waals surface area contributed by atoms with Gasteiger partial charge in [0.1, 0.15) is 23.9 Å². The fraction of sp³-hybridized carbons (Fsp3) is 0.333. The number of imidazole rings is 1. The van der Waals surface area contributed by atoms with E-state index in [0.29, 0.717) is 24.5 Å². The second-order valence-electron chi connectivity index (χ2n) is 4.84. The summed E-state index contributed by atoms with van der Waals surface area (Å²) in [4.78, 5) is 15.2. The van der Waals surface area contributed by atoms with Crippen molar-refractivity contribution in [3.8, 4) is 11.5 Å². The van der Waals surface area contributed by atoms with Crippen molar-refractivity contribution < 1.29 is 19.4 Å². The van der Waals surface area contributed by atoms with E-state index in [1.165, 1.54) is 0 Å². The minimum Gasteiger partial charge on any atom is -0.486 e. The zero-order valence-corrected chi connectivity index (χ0v) is 11.7. The van der Waals surface area contributed by atoms with Crippen LogP contribution < -0.4 is 9.47 Å². The maximum Gasteiger partial charge on any atom is 0.345 e. The lowest BCUT2D eigenvalue weighted by Gasteiger charge is -2.09. The Morgan fingerprint density at radius 2 is 2.43 bits per heavy atom. The van der Waals surface area contributed by atoms with E-state index < -0.39 is 12.1 Å². The summed E-state index contributed by atoms with van der Waals surface area (Å²) in [6, 6.07) is 5.41. The summed E-state index contributed by atoms with van der Waals surface area (Å²) in [6.45, 7) is 3.24. The van der Waals surface area contributed by atoms with E-state index in [-0.39, 0.29) is 0 Å². The van der Waals surface area contributed by atoms with Crippen molar-refractivity contribution >= 4 is 5.97 Å². The Hall–Kier alpha value is -2.50. The Bertz CT molecular complexity index is 665. The minimum absolute atomic E-state index is 0.363. The number of nitrogens with zero attached hydrogens (tertiary/aromatic N) is 2. The highest BCUT2D eigenvalue weighted by Crippen LogP contribution is 2.32. The normalized spacial score (nSPS) is 16.3. The zero-order valence-electron chi connectivity index (χ0n) is 11.7. The summed E-state index contributed by atoms with van der Waals surface area (Å²) in [5, 5.41) is 8.97. The largest absolute Gasteiger partial charge is 0.486 e. The highest BCUT2D eigenvalue weighted by molar-refractivity contribution is 5.74. The number of aliphatic carboxylic acids is 1. The molecule has 1 N–H and O–H groups in total. The minimum atomic E-state index is -0.946. The Balaban J connectivity index is 1.69. The molecule has 1 aliphatic heterocycles. The third-order valence-electron chi connectivity index (χ3n) is 3.50. The predicted octanol–water partition coefficient (Wildman–Crippen LogP) is 1.87. The molecule has 1 atom stereocenters. The van der Waals surface area contributed by atoms with Gasteiger partial charge in [-0.05, 0) is 18.6 Å². The number of hydrogen-bond acceptors (Lipinski definition) is 4. The number of aromatic nitrogens is 2. The van der Waals surface area contributed by atoms with Crippen molar-refractivity contribution in [2.24, 2.45) is 0 Å². The summed E-state index contributed by atoms with van der Waals surface area (Å²) < 4.78 is 13.1. The average Bonchev–Trinajstić information content (AvgIpc) is 3.10. The zero-order chi connectivity index (χ0) is 14.8. The van der Waals surface area contributed by atoms with Gasteiger partial charge in [0.25, 0.3) is 0 Å². The van der Waals surface area contributed by atoms with E-state index in [9.17, 15) is 4.79 Å². The quantitative estimate of drug-likeness (QED) is 0.909. The molecule has 0 fully saturated rings. The number of carboxylic acid groups (broad SMARTS) is 1. The third kappa shape index (κ3) is 2.69. The van der Waals surface area contributed by atoms with Crippen LogP contribution in [0, 0.1) is 0 Å². The monoisotopic (exact) mass is 288 g/mol. The van der Waals surface area contributed by atoms with Crippen molar-refractivity contribution in [3.05, 3.63) is 42.0 Å². The van der Waals surface area contributed by atoms with Crippen LogP contribution in [0.4, 0.5) is 0 Å². The molecular formula is C15H16N2O4. The molecule has 2 aromatic rings. The van der Waals surface area contributed by atoms with Crippen molar-refractivity contribution in [3.63, 3.8) is 0 Å². The van der Waals surface area contributed by atoms with Crippen molar-refractivity contribution in [2.45, 2.75) is 32.6 Å². The first-order valence-electron chi connectivity index (χ1n) is 6.82. The molecule has 21 heavy (non-hydrogen) atoms. The highest BCUT2D eigenvalue weighted by atomic mass is 16.5. The van der Waals surface area contributed by atoms with Crippen molar-refractivity contribution in [1.82, 2.24) is 9.55 Å². The number of benzene rings is 1. The van der Waals surface area contributed by atoms with E-state index in [1.54, 1.807) is 12.3 Å². The van der Waals surface area contributed by atoms with Gasteiger partial charge in [0.05, 0.1) is 0 Å². The van der Waals surface area contributed by atoms with Crippen LogP contribution in [-0.4, -0.2) is 26.7 Å². The van der Waals surface area contributed by atoms with E-state index in [4.69, 9.17) is 14.6 Å². The van der Waals surface area contributed by atoms with Crippen molar-refractivity contribution in [1.29, 1.82) is 0 Å². The van der Waals surface area contributed by atoms with Crippen LogP contribution in [-0.2, 0) is 24.4 Å². The van der Waals surface area contributed by atoms with Gasteiger partial charge >= 0.3 is 5.97 Å². The molecule has 0 amide bonds. The first-order valence-corrected chi connectivity index (χ1v) is 6.82. The Morgan fingerprint density at radius 3 is 3.19 bits per heavy atom. The van der Waals surface area contributed by atoms with Crippen LogP contribution in [0.1, 0.15) is 18.3 Å². The lowest BCUT2D eigenvalue weighted by molar-refractivity contribution is -0.144. The molecular weight excluding hydrogens is 272 g/mol. The van der Waals surface area contributed by atoms with E-state index in [1.807, 2.05) is 29.8 Å². The van der Waals surface area contributed by atoms with Gasteiger partial charge in [-0.1, -0.05) is 6.07 Å². The lowest BCUT2D eigenvalue weighted by atomic mass is 10.1. The Morgan fingerprint density at radius 1 is 1.57 bits per heavy atom.